The molecule has 21 heavy (non-hydrogen) atoms. The van der Waals surface area contributed by atoms with Gasteiger partial charge in [-0.3, -0.25) is 4.79 Å². The Morgan fingerprint density at radius 3 is 2.43 bits per heavy atom. The maximum absolute atomic E-state index is 12.3. The van der Waals surface area contributed by atoms with Crippen LogP contribution in [0.2, 0.25) is 0 Å². The molecule has 1 fully saturated rings. The smallest absolute Gasteiger partial charge is 0.274 e. The number of hydrogen-bond donors (Lipinski definition) is 2. The van der Waals surface area contributed by atoms with Gasteiger partial charge in [-0.15, -0.1) is 0 Å². The van der Waals surface area contributed by atoms with E-state index in [1.165, 1.54) is 0 Å². The number of piperidine rings is 1. The van der Waals surface area contributed by atoms with Crippen LogP contribution in [-0.2, 0) is 10.2 Å². The Morgan fingerprint density at radius 2 is 1.86 bits per heavy atom. The number of benzene rings is 1. The second-order valence-corrected chi connectivity index (χ2v) is 6.71. The zero-order valence-electron chi connectivity index (χ0n) is 11.9. The highest BCUT2D eigenvalue weighted by Crippen LogP contribution is 2.21. The van der Waals surface area contributed by atoms with Crippen LogP contribution in [0.5, 0.6) is 0 Å². The molecule has 7 heteroatoms. The van der Waals surface area contributed by atoms with Gasteiger partial charge >= 0.3 is 0 Å². The molecule has 1 aromatic carbocycles. The van der Waals surface area contributed by atoms with E-state index < -0.39 is 10.2 Å². The lowest BCUT2D eigenvalue weighted by molar-refractivity contribution is 0.0687. The van der Waals surface area contributed by atoms with Gasteiger partial charge in [0.2, 0.25) is 0 Å². The quantitative estimate of drug-likeness (QED) is 0.839. The highest BCUT2D eigenvalue weighted by molar-refractivity contribution is 7.87. The average Bonchev–Trinajstić information content (AvgIpc) is 2.47. The van der Waals surface area contributed by atoms with E-state index >= 15 is 0 Å². The predicted molar refractivity (Wildman–Crippen MR) is 80.8 cm³/mol. The van der Waals surface area contributed by atoms with Crippen LogP contribution in [0.1, 0.15) is 29.6 Å². The summed E-state index contributed by atoms with van der Waals surface area (Å²) in [4.78, 5) is 14.1. The van der Waals surface area contributed by atoms with Gasteiger partial charge in [-0.1, -0.05) is 18.2 Å². The van der Waals surface area contributed by atoms with Crippen molar-refractivity contribution in [3.8, 4) is 0 Å². The van der Waals surface area contributed by atoms with Gasteiger partial charge in [-0.25, -0.2) is 9.86 Å². The maximum atomic E-state index is 12.3. The highest BCUT2D eigenvalue weighted by Gasteiger charge is 2.23. The number of rotatable bonds is 5. The normalized spacial score (nSPS) is 16.9. The number of hydrogen-bond acceptors (Lipinski definition) is 3. The maximum Gasteiger partial charge on any atom is 0.274 e. The van der Waals surface area contributed by atoms with Gasteiger partial charge in [-0.05, 0) is 37.3 Å². The first-order valence-corrected chi connectivity index (χ1v) is 8.62. The van der Waals surface area contributed by atoms with E-state index in [1.807, 2.05) is 35.2 Å². The van der Waals surface area contributed by atoms with Crippen molar-refractivity contribution in [3.63, 3.8) is 0 Å². The van der Waals surface area contributed by atoms with Crippen LogP contribution in [0, 0.1) is 5.92 Å². The van der Waals surface area contributed by atoms with Crippen molar-refractivity contribution in [2.75, 3.05) is 19.6 Å². The number of carbonyl (C=O) groups excluding carboxylic acids is 1. The Hall–Kier alpha value is -1.44. The molecule has 1 amide bonds. The summed E-state index contributed by atoms with van der Waals surface area (Å²) in [5.74, 6) is 0.496. The van der Waals surface area contributed by atoms with Crippen LogP contribution in [-0.4, -0.2) is 38.9 Å². The Kier molecular flexibility index (Phi) is 5.33. The molecular weight excluding hydrogens is 290 g/mol. The molecule has 2 rings (SSSR count). The van der Waals surface area contributed by atoms with Crippen LogP contribution >= 0.6 is 0 Å². The second kappa shape index (κ2) is 7.02. The molecule has 1 aromatic rings. The highest BCUT2D eigenvalue weighted by atomic mass is 32.2. The van der Waals surface area contributed by atoms with Crippen molar-refractivity contribution in [1.29, 1.82) is 0 Å². The number of likely N-dealkylation sites (tertiary alicyclic amines) is 1. The molecule has 0 aromatic heterocycles. The molecule has 1 aliphatic rings. The Bertz CT molecular complexity index is 566. The zero-order chi connectivity index (χ0) is 15.3. The van der Waals surface area contributed by atoms with Crippen molar-refractivity contribution < 1.29 is 13.2 Å². The minimum Gasteiger partial charge on any atom is -0.339 e. The van der Waals surface area contributed by atoms with Gasteiger partial charge in [0.15, 0.2) is 0 Å². The molecule has 6 nitrogen and oxygen atoms in total. The molecule has 0 unspecified atom stereocenters. The third kappa shape index (κ3) is 5.11. The van der Waals surface area contributed by atoms with E-state index in [4.69, 9.17) is 5.14 Å². The van der Waals surface area contributed by atoms with Crippen LogP contribution in [0.3, 0.4) is 0 Å². The number of nitrogens with two attached hydrogens (primary N) is 1. The zero-order valence-corrected chi connectivity index (χ0v) is 12.7. The monoisotopic (exact) mass is 311 g/mol. The Balaban J connectivity index is 1.77. The largest absolute Gasteiger partial charge is 0.339 e. The summed E-state index contributed by atoms with van der Waals surface area (Å²) < 4.78 is 23.9. The van der Waals surface area contributed by atoms with E-state index in [9.17, 15) is 13.2 Å². The molecule has 0 spiro atoms. The third-order valence-corrected chi connectivity index (χ3v) is 4.38. The topological polar surface area (TPSA) is 92.5 Å². The molecule has 116 valence electrons. The van der Waals surface area contributed by atoms with Gasteiger partial charge in [0.05, 0.1) is 0 Å². The summed E-state index contributed by atoms with van der Waals surface area (Å²) in [5, 5.41) is 4.89. The summed E-state index contributed by atoms with van der Waals surface area (Å²) >= 11 is 0. The number of amides is 1. The first-order chi connectivity index (χ1) is 9.96. The lowest BCUT2D eigenvalue weighted by Crippen LogP contribution is -2.39. The second-order valence-electron chi connectivity index (χ2n) is 5.33. The molecule has 3 N–H and O–H groups in total. The average molecular weight is 311 g/mol. The van der Waals surface area contributed by atoms with Gasteiger partial charge in [0, 0.05) is 25.2 Å². The molecule has 1 heterocycles. The van der Waals surface area contributed by atoms with Crippen LogP contribution < -0.4 is 9.86 Å². The van der Waals surface area contributed by atoms with E-state index in [0.29, 0.717) is 31.1 Å². The number of nitrogens with one attached hydrogen (secondary N) is 1. The van der Waals surface area contributed by atoms with Crippen molar-refractivity contribution in [2.24, 2.45) is 11.1 Å². The van der Waals surface area contributed by atoms with Crippen molar-refractivity contribution >= 4 is 16.1 Å². The summed E-state index contributed by atoms with van der Waals surface area (Å²) in [6.07, 6.45) is 2.54. The van der Waals surface area contributed by atoms with Gasteiger partial charge in [0.25, 0.3) is 16.1 Å². The SMILES string of the molecule is NS(=O)(=O)NCCC1CCN(C(=O)c2ccccc2)CC1. The van der Waals surface area contributed by atoms with E-state index in [-0.39, 0.29) is 5.91 Å². The molecule has 1 aliphatic heterocycles. The number of nitrogens with zero attached hydrogens (tertiary/aromatic N) is 1. The predicted octanol–water partition coefficient (Wildman–Crippen LogP) is 0.722. The van der Waals surface area contributed by atoms with Crippen LogP contribution in [0.25, 0.3) is 0 Å². The Morgan fingerprint density at radius 1 is 1.24 bits per heavy atom. The van der Waals surface area contributed by atoms with Crippen molar-refractivity contribution in [3.05, 3.63) is 35.9 Å². The van der Waals surface area contributed by atoms with Gasteiger partial charge in [0.1, 0.15) is 0 Å². The van der Waals surface area contributed by atoms with Crippen LogP contribution in [0.4, 0.5) is 0 Å². The van der Waals surface area contributed by atoms with Gasteiger partial charge in [-0.2, -0.15) is 8.42 Å². The third-order valence-electron chi connectivity index (χ3n) is 3.78. The minimum atomic E-state index is -3.60. The molecule has 0 atom stereocenters. The first-order valence-electron chi connectivity index (χ1n) is 7.07. The van der Waals surface area contributed by atoms with E-state index in [0.717, 1.165) is 19.3 Å². The van der Waals surface area contributed by atoms with E-state index in [2.05, 4.69) is 4.72 Å². The molecule has 0 bridgehead atoms. The Labute approximate surface area is 125 Å². The fourth-order valence-electron chi connectivity index (χ4n) is 2.59. The summed E-state index contributed by atoms with van der Waals surface area (Å²) in [7, 11) is -3.60. The molecule has 0 saturated carbocycles. The standard InChI is InChI=1S/C14H21N3O3S/c15-21(19,20)16-9-6-12-7-10-17(11-8-12)14(18)13-4-2-1-3-5-13/h1-5,12,16H,6-11H2,(H2,15,19,20). The summed E-state index contributed by atoms with van der Waals surface area (Å²) in [6, 6.07) is 9.26. The molecular formula is C14H21N3O3S. The molecule has 0 aliphatic carbocycles. The van der Waals surface area contributed by atoms with E-state index in [1.54, 1.807) is 0 Å². The lowest BCUT2D eigenvalue weighted by atomic mass is 9.93. The fraction of sp³-hybridized carbons (Fsp3) is 0.500. The lowest BCUT2D eigenvalue weighted by Gasteiger charge is -2.32. The summed E-state index contributed by atoms with van der Waals surface area (Å²) in [5.41, 5.74) is 0.715. The fourth-order valence-corrected chi connectivity index (χ4v) is 3.00. The minimum absolute atomic E-state index is 0.0664. The molecule has 1 saturated heterocycles. The molecule has 0 radical (unpaired) electrons. The first kappa shape index (κ1) is 15.9. The van der Waals surface area contributed by atoms with Crippen LogP contribution in [0.15, 0.2) is 30.3 Å². The number of carbonyl (C=O) groups is 1. The van der Waals surface area contributed by atoms with Crippen molar-refractivity contribution in [2.45, 2.75) is 19.3 Å². The summed E-state index contributed by atoms with van der Waals surface area (Å²) in [6.45, 7) is 1.79. The van der Waals surface area contributed by atoms with Crippen molar-refractivity contribution in [1.82, 2.24) is 9.62 Å². The van der Waals surface area contributed by atoms with Gasteiger partial charge < -0.3 is 4.90 Å².